The first-order valence-electron chi connectivity index (χ1n) is 10.3. The summed E-state index contributed by atoms with van der Waals surface area (Å²) in [4.78, 5) is 16.2. The maximum atomic E-state index is 11.9. The summed E-state index contributed by atoms with van der Waals surface area (Å²) in [5.41, 5.74) is 1.34. The van der Waals surface area contributed by atoms with Gasteiger partial charge < -0.3 is 15.4 Å². The van der Waals surface area contributed by atoms with Gasteiger partial charge in [-0.1, -0.05) is 42.5 Å². The van der Waals surface area contributed by atoms with E-state index in [1.165, 1.54) is 16.3 Å². The number of rotatable bonds is 6. The van der Waals surface area contributed by atoms with Gasteiger partial charge >= 0.3 is 5.97 Å². The number of ether oxygens (including phenoxy) is 1. The molecule has 1 saturated carbocycles. The summed E-state index contributed by atoms with van der Waals surface area (Å²) in [6.07, 6.45) is 4.63. The fourth-order valence-corrected chi connectivity index (χ4v) is 3.95. The molecule has 0 amide bonds. The summed E-state index contributed by atoms with van der Waals surface area (Å²) < 4.78 is 5.15. The highest BCUT2D eigenvalue weighted by Gasteiger charge is 2.27. The van der Waals surface area contributed by atoms with Crippen molar-refractivity contribution in [3.05, 3.63) is 48.0 Å². The van der Waals surface area contributed by atoms with Crippen LogP contribution in [0.4, 0.5) is 0 Å². The molecule has 0 atom stereocenters. The van der Waals surface area contributed by atoms with E-state index in [1.54, 1.807) is 7.05 Å². The Labute approximate surface area is 167 Å². The Morgan fingerprint density at radius 3 is 2.61 bits per heavy atom. The molecule has 1 aliphatic carbocycles. The SMILES string of the molecule is CCOC(=O)C1CCC(NC(=NC)NCCc2cccc3ccccc23)CC1. The van der Waals surface area contributed by atoms with Crippen LogP contribution in [0.2, 0.25) is 0 Å². The van der Waals surface area contributed by atoms with E-state index >= 15 is 0 Å². The number of guanidine groups is 1. The van der Waals surface area contributed by atoms with Crippen LogP contribution in [0.3, 0.4) is 0 Å². The molecule has 150 valence electrons. The molecule has 0 spiro atoms. The van der Waals surface area contributed by atoms with Crippen LogP contribution in [0.15, 0.2) is 47.5 Å². The first-order chi connectivity index (χ1) is 13.7. The molecule has 3 rings (SSSR count). The third-order valence-electron chi connectivity index (χ3n) is 5.48. The Morgan fingerprint density at radius 2 is 1.86 bits per heavy atom. The largest absolute Gasteiger partial charge is 0.466 e. The van der Waals surface area contributed by atoms with E-state index in [9.17, 15) is 4.79 Å². The van der Waals surface area contributed by atoms with Gasteiger partial charge in [-0.25, -0.2) is 0 Å². The standard InChI is InChI=1S/C23H31N3O2/c1-3-28-22(27)19-11-13-20(14-12-19)26-23(24-2)25-16-15-18-9-6-8-17-7-4-5-10-21(17)18/h4-10,19-20H,3,11-16H2,1-2H3,(H2,24,25,26). The van der Waals surface area contributed by atoms with Gasteiger partial charge in [-0.2, -0.15) is 0 Å². The normalized spacial score (nSPS) is 20.0. The molecule has 5 heteroatoms. The molecule has 0 bridgehead atoms. The molecule has 0 unspecified atom stereocenters. The fraction of sp³-hybridized carbons (Fsp3) is 0.478. The zero-order chi connectivity index (χ0) is 19.8. The molecule has 2 N–H and O–H groups in total. The lowest BCUT2D eigenvalue weighted by atomic mass is 9.86. The van der Waals surface area contributed by atoms with Crippen LogP contribution in [-0.4, -0.2) is 38.2 Å². The topological polar surface area (TPSA) is 62.7 Å². The molecule has 1 aliphatic rings. The monoisotopic (exact) mass is 381 g/mol. The van der Waals surface area contributed by atoms with Crippen molar-refractivity contribution < 1.29 is 9.53 Å². The molecule has 0 radical (unpaired) electrons. The van der Waals surface area contributed by atoms with E-state index in [4.69, 9.17) is 4.74 Å². The molecule has 2 aromatic rings. The molecule has 28 heavy (non-hydrogen) atoms. The average molecular weight is 382 g/mol. The van der Waals surface area contributed by atoms with E-state index in [0.717, 1.165) is 44.6 Å². The van der Waals surface area contributed by atoms with E-state index < -0.39 is 0 Å². The van der Waals surface area contributed by atoms with E-state index in [0.29, 0.717) is 12.6 Å². The summed E-state index contributed by atoms with van der Waals surface area (Å²) in [7, 11) is 1.80. The number of carbonyl (C=O) groups excluding carboxylic acids is 1. The Hall–Kier alpha value is -2.56. The van der Waals surface area contributed by atoms with Crippen molar-refractivity contribution in [2.24, 2.45) is 10.9 Å². The number of nitrogens with zero attached hydrogens (tertiary/aromatic N) is 1. The van der Waals surface area contributed by atoms with Crippen molar-refractivity contribution in [2.75, 3.05) is 20.2 Å². The average Bonchev–Trinajstić information content (AvgIpc) is 2.74. The fourth-order valence-electron chi connectivity index (χ4n) is 3.95. The van der Waals surface area contributed by atoms with Gasteiger partial charge in [-0.05, 0) is 55.4 Å². The highest BCUT2D eigenvalue weighted by molar-refractivity contribution is 5.85. The van der Waals surface area contributed by atoms with Crippen molar-refractivity contribution in [1.82, 2.24) is 10.6 Å². The lowest BCUT2D eigenvalue weighted by Crippen LogP contribution is -2.45. The zero-order valence-corrected chi connectivity index (χ0v) is 16.9. The highest BCUT2D eigenvalue weighted by Crippen LogP contribution is 2.25. The molecule has 0 saturated heterocycles. The first-order valence-corrected chi connectivity index (χ1v) is 10.3. The second-order valence-electron chi connectivity index (χ2n) is 7.33. The number of fused-ring (bicyclic) bond motifs is 1. The molecule has 1 fully saturated rings. The zero-order valence-electron chi connectivity index (χ0n) is 16.9. The smallest absolute Gasteiger partial charge is 0.308 e. The number of nitrogens with one attached hydrogen (secondary N) is 2. The number of hydrogen-bond donors (Lipinski definition) is 2. The van der Waals surface area contributed by atoms with Crippen LogP contribution in [0, 0.1) is 5.92 Å². The number of hydrogen-bond acceptors (Lipinski definition) is 3. The third-order valence-corrected chi connectivity index (χ3v) is 5.48. The molecule has 0 aromatic heterocycles. The molecular weight excluding hydrogens is 350 g/mol. The van der Waals surface area contributed by atoms with Gasteiger partial charge in [0.05, 0.1) is 12.5 Å². The van der Waals surface area contributed by atoms with E-state index in [1.807, 2.05) is 6.92 Å². The van der Waals surface area contributed by atoms with Crippen molar-refractivity contribution >= 4 is 22.7 Å². The highest BCUT2D eigenvalue weighted by atomic mass is 16.5. The van der Waals surface area contributed by atoms with Crippen LogP contribution < -0.4 is 10.6 Å². The Balaban J connectivity index is 1.46. The second-order valence-corrected chi connectivity index (χ2v) is 7.33. The first kappa shape index (κ1) is 20.2. The van der Waals surface area contributed by atoms with Crippen LogP contribution in [0.5, 0.6) is 0 Å². The maximum absolute atomic E-state index is 11.9. The summed E-state index contributed by atoms with van der Waals surface area (Å²) in [5, 5.41) is 9.53. The summed E-state index contributed by atoms with van der Waals surface area (Å²) in [6, 6.07) is 15.3. The predicted octanol–water partition coefficient (Wildman–Crippen LogP) is 3.67. The van der Waals surface area contributed by atoms with E-state index in [-0.39, 0.29) is 11.9 Å². The number of esters is 1. The molecular formula is C23H31N3O2. The van der Waals surface area contributed by atoms with Crippen LogP contribution >= 0.6 is 0 Å². The maximum Gasteiger partial charge on any atom is 0.308 e. The Morgan fingerprint density at radius 1 is 1.11 bits per heavy atom. The van der Waals surface area contributed by atoms with Crippen molar-refractivity contribution in [2.45, 2.75) is 45.1 Å². The second kappa shape index (κ2) is 10.1. The quantitative estimate of drug-likeness (QED) is 0.455. The Kier molecular flexibility index (Phi) is 7.29. The van der Waals surface area contributed by atoms with Crippen LogP contribution in [-0.2, 0) is 16.0 Å². The number of carbonyl (C=O) groups is 1. The third kappa shape index (κ3) is 5.24. The minimum Gasteiger partial charge on any atom is -0.466 e. The summed E-state index contributed by atoms with van der Waals surface area (Å²) in [5.74, 6) is 0.845. The van der Waals surface area contributed by atoms with Gasteiger partial charge in [-0.15, -0.1) is 0 Å². The number of aliphatic imine (C=N–C) groups is 1. The van der Waals surface area contributed by atoms with Gasteiger partial charge in [0, 0.05) is 19.6 Å². The lowest BCUT2D eigenvalue weighted by molar-refractivity contribution is -0.149. The minimum absolute atomic E-state index is 0.0430. The lowest BCUT2D eigenvalue weighted by Gasteiger charge is -2.29. The van der Waals surface area contributed by atoms with Gasteiger partial charge in [-0.3, -0.25) is 9.79 Å². The van der Waals surface area contributed by atoms with Crippen molar-refractivity contribution in [3.63, 3.8) is 0 Å². The molecule has 5 nitrogen and oxygen atoms in total. The van der Waals surface area contributed by atoms with Gasteiger partial charge in [0.1, 0.15) is 0 Å². The van der Waals surface area contributed by atoms with E-state index in [2.05, 4.69) is 58.1 Å². The van der Waals surface area contributed by atoms with Crippen molar-refractivity contribution in [1.29, 1.82) is 0 Å². The predicted molar refractivity (Wildman–Crippen MR) is 115 cm³/mol. The Bertz CT molecular complexity index is 805. The van der Waals surface area contributed by atoms with Crippen LogP contribution in [0.1, 0.15) is 38.2 Å². The summed E-state index contributed by atoms with van der Waals surface area (Å²) >= 11 is 0. The van der Waals surface area contributed by atoms with Gasteiger partial charge in [0.15, 0.2) is 5.96 Å². The summed E-state index contributed by atoms with van der Waals surface area (Å²) in [6.45, 7) is 3.15. The van der Waals surface area contributed by atoms with Crippen LogP contribution in [0.25, 0.3) is 10.8 Å². The number of benzene rings is 2. The minimum atomic E-state index is -0.0430. The van der Waals surface area contributed by atoms with Crippen molar-refractivity contribution in [3.8, 4) is 0 Å². The van der Waals surface area contributed by atoms with Gasteiger partial charge in [0.2, 0.25) is 0 Å². The van der Waals surface area contributed by atoms with Gasteiger partial charge in [0.25, 0.3) is 0 Å². The molecule has 2 aromatic carbocycles. The molecule has 0 heterocycles. The molecule has 0 aliphatic heterocycles.